The van der Waals surface area contributed by atoms with Crippen molar-refractivity contribution in [1.82, 2.24) is 4.90 Å². The van der Waals surface area contributed by atoms with Gasteiger partial charge in [-0.3, -0.25) is 4.79 Å². The number of nitrogens with zero attached hydrogens (tertiary/aromatic N) is 2. The van der Waals surface area contributed by atoms with Crippen LogP contribution in [-0.4, -0.2) is 30.7 Å². The summed E-state index contributed by atoms with van der Waals surface area (Å²) >= 11 is 0. The molecule has 1 rings (SSSR count). The van der Waals surface area contributed by atoms with Crippen molar-refractivity contribution in [3.8, 4) is 0 Å². The molecule has 0 bridgehead atoms. The second kappa shape index (κ2) is 5.20. The van der Waals surface area contributed by atoms with E-state index >= 15 is 0 Å². The third kappa shape index (κ3) is 3.58. The van der Waals surface area contributed by atoms with Gasteiger partial charge in [-0.1, -0.05) is 0 Å². The van der Waals surface area contributed by atoms with Gasteiger partial charge < -0.3 is 4.90 Å². The normalized spacial score (nSPS) is 12.4. The van der Waals surface area contributed by atoms with Crippen molar-refractivity contribution in [2.75, 3.05) is 14.1 Å². The molecule has 0 fully saturated rings. The summed E-state index contributed by atoms with van der Waals surface area (Å²) in [7, 11) is 3.44. The summed E-state index contributed by atoms with van der Waals surface area (Å²) < 4.78 is 37.0. The third-order valence-electron chi connectivity index (χ3n) is 2.37. The van der Waals surface area contributed by atoms with Crippen LogP contribution in [-0.2, 0) is 6.18 Å². The summed E-state index contributed by atoms with van der Waals surface area (Å²) in [4.78, 5) is 17.0. The lowest BCUT2D eigenvalue weighted by molar-refractivity contribution is -0.137. The van der Waals surface area contributed by atoms with E-state index < -0.39 is 17.6 Å². The van der Waals surface area contributed by atoms with Crippen molar-refractivity contribution in [3.05, 3.63) is 35.4 Å². The van der Waals surface area contributed by atoms with E-state index in [4.69, 9.17) is 0 Å². The fraction of sp³-hybridized carbons (Fsp3) is 0.333. The van der Waals surface area contributed by atoms with Gasteiger partial charge in [0.05, 0.1) is 5.56 Å². The Kier molecular flexibility index (Phi) is 4.11. The lowest BCUT2D eigenvalue weighted by Gasteiger charge is -2.10. The highest BCUT2D eigenvalue weighted by atomic mass is 19.4. The van der Waals surface area contributed by atoms with Crippen LogP contribution < -0.4 is 0 Å². The molecule has 0 aliphatic carbocycles. The van der Waals surface area contributed by atoms with Gasteiger partial charge in [0.2, 0.25) is 0 Å². The molecule has 1 amide bonds. The van der Waals surface area contributed by atoms with E-state index in [1.807, 2.05) is 0 Å². The van der Waals surface area contributed by atoms with Crippen molar-refractivity contribution in [1.29, 1.82) is 0 Å². The van der Waals surface area contributed by atoms with E-state index in [-0.39, 0.29) is 5.56 Å². The Morgan fingerprint density at radius 3 is 2.06 bits per heavy atom. The van der Waals surface area contributed by atoms with Crippen LogP contribution in [0.25, 0.3) is 0 Å². The van der Waals surface area contributed by atoms with Crippen LogP contribution in [0, 0.1) is 0 Å². The van der Waals surface area contributed by atoms with Gasteiger partial charge in [-0.15, -0.1) is 0 Å². The standard InChI is InChI=1S/C12H13F3N2O/c1-8(17(2)3)16-11(18)9-4-6-10(7-5-9)12(13,14)15/h4-7H,1-3H3. The molecular weight excluding hydrogens is 245 g/mol. The predicted octanol–water partition coefficient (Wildman–Crippen LogP) is 2.83. The molecule has 0 aliphatic rings. The smallest absolute Gasteiger partial charge is 0.366 e. The van der Waals surface area contributed by atoms with Crippen LogP contribution in [0.4, 0.5) is 13.2 Å². The zero-order chi connectivity index (χ0) is 13.9. The number of carbonyl (C=O) groups excluding carboxylic acids is 1. The summed E-state index contributed by atoms with van der Waals surface area (Å²) in [6.07, 6.45) is -4.40. The van der Waals surface area contributed by atoms with Crippen LogP contribution in [0.1, 0.15) is 22.8 Å². The van der Waals surface area contributed by atoms with Crippen molar-refractivity contribution < 1.29 is 18.0 Å². The Morgan fingerprint density at radius 2 is 1.67 bits per heavy atom. The molecule has 0 saturated carbocycles. The maximum Gasteiger partial charge on any atom is 0.416 e. The quantitative estimate of drug-likeness (QED) is 0.573. The van der Waals surface area contributed by atoms with E-state index in [2.05, 4.69) is 4.99 Å². The monoisotopic (exact) mass is 258 g/mol. The molecule has 0 saturated heterocycles. The van der Waals surface area contributed by atoms with Crippen molar-refractivity contribution in [2.45, 2.75) is 13.1 Å². The maximum atomic E-state index is 12.3. The fourth-order valence-corrected chi connectivity index (χ4v) is 1.11. The molecule has 0 radical (unpaired) electrons. The van der Waals surface area contributed by atoms with E-state index in [9.17, 15) is 18.0 Å². The minimum atomic E-state index is -4.40. The van der Waals surface area contributed by atoms with Gasteiger partial charge in [0.25, 0.3) is 5.91 Å². The number of hydrogen-bond donors (Lipinski definition) is 0. The first-order valence-electron chi connectivity index (χ1n) is 5.16. The first-order chi connectivity index (χ1) is 8.21. The van der Waals surface area contributed by atoms with E-state index in [0.717, 1.165) is 24.3 Å². The molecule has 98 valence electrons. The summed E-state index contributed by atoms with van der Waals surface area (Å²) in [5, 5.41) is 0. The molecule has 6 heteroatoms. The van der Waals surface area contributed by atoms with Crippen molar-refractivity contribution >= 4 is 11.7 Å². The number of hydrogen-bond acceptors (Lipinski definition) is 1. The molecule has 0 spiro atoms. The summed E-state index contributed by atoms with van der Waals surface area (Å²) in [6.45, 7) is 1.64. The molecule has 0 aromatic heterocycles. The van der Waals surface area contributed by atoms with Crippen molar-refractivity contribution in [2.24, 2.45) is 4.99 Å². The van der Waals surface area contributed by atoms with E-state index in [0.29, 0.717) is 5.84 Å². The van der Waals surface area contributed by atoms with Crippen LogP contribution >= 0.6 is 0 Å². The number of rotatable bonds is 1. The van der Waals surface area contributed by atoms with Crippen LogP contribution in [0.15, 0.2) is 29.3 Å². The second-order valence-corrected chi connectivity index (χ2v) is 3.93. The topological polar surface area (TPSA) is 32.7 Å². The zero-order valence-corrected chi connectivity index (χ0v) is 10.2. The lowest BCUT2D eigenvalue weighted by atomic mass is 10.1. The number of amidine groups is 1. The molecule has 1 aromatic carbocycles. The molecule has 3 nitrogen and oxygen atoms in total. The number of amides is 1. The molecular formula is C12H13F3N2O. The SMILES string of the molecule is CC(=NC(=O)c1ccc(C(F)(F)F)cc1)N(C)C. The summed E-state index contributed by atoms with van der Waals surface area (Å²) in [6, 6.07) is 3.98. The van der Waals surface area contributed by atoms with Crippen LogP contribution in [0.5, 0.6) is 0 Å². The molecule has 0 atom stereocenters. The minimum Gasteiger partial charge on any atom is -0.366 e. The maximum absolute atomic E-state index is 12.3. The van der Waals surface area contributed by atoms with Gasteiger partial charge in [-0.25, -0.2) is 0 Å². The first-order valence-corrected chi connectivity index (χ1v) is 5.16. The Hall–Kier alpha value is -1.85. The Labute approximate surface area is 103 Å². The van der Waals surface area contributed by atoms with Gasteiger partial charge in [0.15, 0.2) is 0 Å². The third-order valence-corrected chi connectivity index (χ3v) is 2.37. The van der Waals surface area contributed by atoms with Crippen molar-refractivity contribution in [3.63, 3.8) is 0 Å². The minimum absolute atomic E-state index is 0.129. The molecule has 1 aromatic rings. The highest BCUT2D eigenvalue weighted by Crippen LogP contribution is 2.29. The van der Waals surface area contributed by atoms with Gasteiger partial charge >= 0.3 is 6.18 Å². The highest BCUT2D eigenvalue weighted by Gasteiger charge is 2.30. The summed E-state index contributed by atoms with van der Waals surface area (Å²) in [5.74, 6) is -0.0742. The van der Waals surface area contributed by atoms with Gasteiger partial charge in [0.1, 0.15) is 5.84 Å². The first kappa shape index (κ1) is 14.2. The molecule has 0 unspecified atom stereocenters. The number of carbonyl (C=O) groups is 1. The van der Waals surface area contributed by atoms with Gasteiger partial charge in [-0.2, -0.15) is 18.2 Å². The average Bonchev–Trinajstić information content (AvgIpc) is 2.27. The predicted molar refractivity (Wildman–Crippen MR) is 62.6 cm³/mol. The number of benzene rings is 1. The number of alkyl halides is 3. The Morgan fingerprint density at radius 1 is 1.17 bits per heavy atom. The number of aliphatic imine (C=N–C) groups is 1. The average molecular weight is 258 g/mol. The van der Waals surface area contributed by atoms with Crippen LogP contribution in [0.2, 0.25) is 0 Å². The Bertz CT molecular complexity index is 461. The zero-order valence-electron chi connectivity index (χ0n) is 10.2. The van der Waals surface area contributed by atoms with E-state index in [1.54, 1.807) is 25.9 Å². The van der Waals surface area contributed by atoms with E-state index in [1.165, 1.54) is 0 Å². The summed E-state index contributed by atoms with van der Waals surface area (Å²) in [5.41, 5.74) is -0.656. The second-order valence-electron chi connectivity index (χ2n) is 3.93. The van der Waals surface area contributed by atoms with Gasteiger partial charge in [-0.05, 0) is 31.2 Å². The highest BCUT2D eigenvalue weighted by molar-refractivity contribution is 6.02. The molecule has 0 aliphatic heterocycles. The molecule has 0 heterocycles. The lowest BCUT2D eigenvalue weighted by Crippen LogP contribution is -2.19. The number of halogens is 3. The fourth-order valence-electron chi connectivity index (χ4n) is 1.11. The molecule has 0 N–H and O–H groups in total. The van der Waals surface area contributed by atoms with Crippen LogP contribution in [0.3, 0.4) is 0 Å². The molecule has 18 heavy (non-hydrogen) atoms. The largest absolute Gasteiger partial charge is 0.416 e. The Balaban J connectivity index is 2.93. The van der Waals surface area contributed by atoms with Gasteiger partial charge in [0, 0.05) is 19.7 Å².